The molecule has 2 nitrogen and oxygen atoms in total. The SMILES string of the molecule is Cc1cc(C(F)F)nc2c1CCCC2O. The Balaban J connectivity index is 2.52. The Morgan fingerprint density at radius 2 is 2.27 bits per heavy atom. The van der Waals surface area contributed by atoms with E-state index in [1.165, 1.54) is 6.07 Å². The normalized spacial score (nSPS) is 20.5. The number of pyridine rings is 1. The van der Waals surface area contributed by atoms with Gasteiger partial charge in [-0.05, 0) is 43.4 Å². The van der Waals surface area contributed by atoms with Crippen molar-refractivity contribution in [2.75, 3.05) is 0 Å². The number of aryl methyl sites for hydroxylation is 1. The number of halogens is 2. The third-order valence-electron chi connectivity index (χ3n) is 2.84. The molecule has 1 aromatic rings. The topological polar surface area (TPSA) is 33.1 Å². The standard InChI is InChI=1S/C11H13F2NO/c1-6-5-8(11(12)13)14-10-7(6)3-2-4-9(10)15/h5,9,11,15H,2-4H2,1H3. The van der Waals surface area contributed by atoms with Crippen molar-refractivity contribution in [1.82, 2.24) is 4.98 Å². The fourth-order valence-electron chi connectivity index (χ4n) is 2.07. The third-order valence-corrected chi connectivity index (χ3v) is 2.84. The second-order valence-corrected chi connectivity index (χ2v) is 3.94. The Bertz CT molecular complexity index is 379. The molecule has 4 heteroatoms. The molecule has 0 bridgehead atoms. The molecule has 1 aliphatic rings. The number of rotatable bonds is 1. The number of aromatic nitrogens is 1. The number of aliphatic hydroxyl groups is 1. The third kappa shape index (κ3) is 1.86. The van der Waals surface area contributed by atoms with Gasteiger partial charge in [0.15, 0.2) is 0 Å². The highest BCUT2D eigenvalue weighted by Gasteiger charge is 2.23. The zero-order valence-electron chi connectivity index (χ0n) is 8.50. The van der Waals surface area contributed by atoms with Gasteiger partial charge in [0.2, 0.25) is 0 Å². The van der Waals surface area contributed by atoms with Crippen molar-refractivity contribution >= 4 is 0 Å². The summed E-state index contributed by atoms with van der Waals surface area (Å²) in [5, 5.41) is 9.68. The van der Waals surface area contributed by atoms with Gasteiger partial charge in [-0.2, -0.15) is 0 Å². The lowest BCUT2D eigenvalue weighted by Crippen LogP contribution is -2.14. The summed E-state index contributed by atoms with van der Waals surface area (Å²) < 4.78 is 25.0. The summed E-state index contributed by atoms with van der Waals surface area (Å²) in [6.07, 6.45) is -0.903. The van der Waals surface area contributed by atoms with Gasteiger partial charge in [0.1, 0.15) is 5.69 Å². The van der Waals surface area contributed by atoms with Crippen LogP contribution in [-0.4, -0.2) is 10.1 Å². The average molecular weight is 213 g/mol. The Morgan fingerprint density at radius 1 is 1.53 bits per heavy atom. The Hall–Kier alpha value is -1.03. The number of nitrogens with zero attached hydrogens (tertiary/aromatic N) is 1. The lowest BCUT2D eigenvalue weighted by molar-refractivity contribution is 0.135. The minimum absolute atomic E-state index is 0.229. The Labute approximate surface area is 87.0 Å². The number of alkyl halides is 2. The van der Waals surface area contributed by atoms with Crippen LogP contribution in [0.4, 0.5) is 8.78 Å². The molecule has 1 atom stereocenters. The molecule has 1 heterocycles. The van der Waals surface area contributed by atoms with Crippen LogP contribution in [0.5, 0.6) is 0 Å². The summed E-state index contributed by atoms with van der Waals surface area (Å²) in [4.78, 5) is 3.85. The highest BCUT2D eigenvalue weighted by Crippen LogP contribution is 2.32. The van der Waals surface area contributed by atoms with Crippen LogP contribution < -0.4 is 0 Å². The maximum absolute atomic E-state index is 12.5. The molecule has 0 radical (unpaired) electrons. The monoisotopic (exact) mass is 213 g/mol. The Kier molecular flexibility index (Phi) is 2.69. The maximum atomic E-state index is 12.5. The molecular weight excluding hydrogens is 200 g/mol. The molecule has 82 valence electrons. The first-order chi connectivity index (χ1) is 7.09. The van der Waals surface area contributed by atoms with Gasteiger partial charge in [-0.15, -0.1) is 0 Å². The molecule has 1 N–H and O–H groups in total. The zero-order chi connectivity index (χ0) is 11.0. The van der Waals surface area contributed by atoms with Crippen molar-refractivity contribution in [2.45, 2.75) is 38.7 Å². The number of hydrogen-bond acceptors (Lipinski definition) is 2. The van der Waals surface area contributed by atoms with Crippen LogP contribution in [0, 0.1) is 6.92 Å². The second-order valence-electron chi connectivity index (χ2n) is 3.94. The minimum Gasteiger partial charge on any atom is -0.387 e. The molecule has 2 rings (SSSR count). The van der Waals surface area contributed by atoms with Gasteiger partial charge in [-0.3, -0.25) is 0 Å². The molecule has 1 unspecified atom stereocenters. The second kappa shape index (κ2) is 3.85. The van der Waals surface area contributed by atoms with Crippen LogP contribution in [0.3, 0.4) is 0 Å². The van der Waals surface area contributed by atoms with Crippen molar-refractivity contribution in [1.29, 1.82) is 0 Å². The number of hydrogen-bond donors (Lipinski definition) is 1. The van der Waals surface area contributed by atoms with Crippen LogP contribution in [0.15, 0.2) is 6.07 Å². The van der Waals surface area contributed by atoms with Crippen LogP contribution in [0.1, 0.15) is 47.9 Å². The highest BCUT2D eigenvalue weighted by atomic mass is 19.3. The van der Waals surface area contributed by atoms with Gasteiger partial charge in [0.25, 0.3) is 6.43 Å². The lowest BCUT2D eigenvalue weighted by Gasteiger charge is -2.22. The van der Waals surface area contributed by atoms with E-state index >= 15 is 0 Å². The van der Waals surface area contributed by atoms with E-state index in [0.29, 0.717) is 12.1 Å². The molecule has 0 aliphatic heterocycles. The zero-order valence-corrected chi connectivity index (χ0v) is 8.50. The molecule has 0 amide bonds. The van der Waals surface area contributed by atoms with E-state index in [-0.39, 0.29) is 5.69 Å². The van der Waals surface area contributed by atoms with E-state index in [1.54, 1.807) is 6.92 Å². The van der Waals surface area contributed by atoms with Crippen LogP contribution >= 0.6 is 0 Å². The summed E-state index contributed by atoms with van der Waals surface area (Å²) in [7, 11) is 0. The molecule has 0 fully saturated rings. The largest absolute Gasteiger partial charge is 0.387 e. The summed E-state index contributed by atoms with van der Waals surface area (Å²) in [5.41, 5.74) is 1.98. The molecule has 15 heavy (non-hydrogen) atoms. The van der Waals surface area contributed by atoms with E-state index in [4.69, 9.17) is 0 Å². The predicted molar refractivity (Wildman–Crippen MR) is 51.8 cm³/mol. The van der Waals surface area contributed by atoms with Gasteiger partial charge in [-0.1, -0.05) is 0 Å². The summed E-state index contributed by atoms with van der Waals surface area (Å²) >= 11 is 0. The lowest BCUT2D eigenvalue weighted by atomic mass is 9.90. The molecular formula is C11H13F2NO. The Morgan fingerprint density at radius 3 is 2.93 bits per heavy atom. The molecule has 0 aromatic carbocycles. The van der Waals surface area contributed by atoms with Crippen LogP contribution in [0.2, 0.25) is 0 Å². The van der Waals surface area contributed by atoms with Gasteiger partial charge in [-0.25, -0.2) is 13.8 Å². The summed E-state index contributed by atoms with van der Waals surface area (Å²) in [6, 6.07) is 1.42. The smallest absolute Gasteiger partial charge is 0.280 e. The summed E-state index contributed by atoms with van der Waals surface area (Å²) in [5.74, 6) is 0. The van der Waals surface area contributed by atoms with Crippen molar-refractivity contribution in [3.05, 3.63) is 28.6 Å². The van der Waals surface area contributed by atoms with Crippen LogP contribution in [0.25, 0.3) is 0 Å². The van der Waals surface area contributed by atoms with Gasteiger partial charge in [0, 0.05) is 0 Å². The fourth-order valence-corrected chi connectivity index (χ4v) is 2.07. The molecule has 0 saturated heterocycles. The van der Waals surface area contributed by atoms with E-state index in [1.807, 2.05) is 0 Å². The number of fused-ring (bicyclic) bond motifs is 1. The van der Waals surface area contributed by atoms with Gasteiger partial charge >= 0.3 is 0 Å². The average Bonchev–Trinajstić information content (AvgIpc) is 2.19. The van der Waals surface area contributed by atoms with Gasteiger partial charge in [0.05, 0.1) is 11.8 Å². The molecule has 0 saturated carbocycles. The van der Waals surface area contributed by atoms with E-state index in [9.17, 15) is 13.9 Å². The number of aliphatic hydroxyl groups excluding tert-OH is 1. The minimum atomic E-state index is -2.57. The molecule has 1 aromatic heterocycles. The van der Waals surface area contributed by atoms with E-state index in [2.05, 4.69) is 4.98 Å². The van der Waals surface area contributed by atoms with Crippen molar-refractivity contribution < 1.29 is 13.9 Å². The fraction of sp³-hybridized carbons (Fsp3) is 0.545. The van der Waals surface area contributed by atoms with Gasteiger partial charge < -0.3 is 5.11 Å². The first-order valence-electron chi connectivity index (χ1n) is 5.06. The van der Waals surface area contributed by atoms with Crippen molar-refractivity contribution in [3.63, 3.8) is 0 Å². The first kappa shape index (κ1) is 10.5. The maximum Gasteiger partial charge on any atom is 0.280 e. The van der Waals surface area contributed by atoms with E-state index in [0.717, 1.165) is 24.0 Å². The van der Waals surface area contributed by atoms with Crippen molar-refractivity contribution in [2.24, 2.45) is 0 Å². The predicted octanol–water partition coefficient (Wildman–Crippen LogP) is 2.70. The highest BCUT2D eigenvalue weighted by molar-refractivity contribution is 5.35. The quantitative estimate of drug-likeness (QED) is 0.778. The summed E-state index contributed by atoms with van der Waals surface area (Å²) in [6.45, 7) is 1.80. The molecule has 0 spiro atoms. The molecule has 1 aliphatic carbocycles. The van der Waals surface area contributed by atoms with E-state index < -0.39 is 12.5 Å². The van der Waals surface area contributed by atoms with Crippen molar-refractivity contribution in [3.8, 4) is 0 Å². The van der Waals surface area contributed by atoms with Crippen LogP contribution in [-0.2, 0) is 6.42 Å². The first-order valence-corrected chi connectivity index (χ1v) is 5.06.